The molecule has 5 atom stereocenters. The Morgan fingerprint density at radius 2 is 1.63 bits per heavy atom. The second-order valence-corrected chi connectivity index (χ2v) is 13.7. The first-order valence-electron chi connectivity index (χ1n) is 14.6. The molecule has 2 aromatic rings. The quantitative estimate of drug-likeness (QED) is 0.337. The van der Waals surface area contributed by atoms with Crippen LogP contribution in [0.3, 0.4) is 0 Å². The number of carbonyl (C=O) groups is 3. The number of aliphatic hydroxyl groups is 1. The third-order valence-electron chi connectivity index (χ3n) is 8.87. The number of carbonyl (C=O) groups excluding carboxylic acids is 3. The van der Waals surface area contributed by atoms with E-state index in [1.807, 2.05) is 38.1 Å². The van der Waals surface area contributed by atoms with Crippen molar-refractivity contribution in [1.82, 2.24) is 4.90 Å². The van der Waals surface area contributed by atoms with E-state index in [1.54, 1.807) is 58.0 Å². The zero-order valence-electron chi connectivity index (χ0n) is 24.6. The van der Waals surface area contributed by atoms with E-state index >= 15 is 0 Å². The summed E-state index contributed by atoms with van der Waals surface area (Å²) in [5.41, 5.74) is 1.32. The van der Waals surface area contributed by atoms with E-state index < -0.39 is 27.4 Å². The van der Waals surface area contributed by atoms with E-state index in [4.69, 9.17) is 16.3 Å². The minimum atomic E-state index is -0.851. The lowest BCUT2D eigenvalue weighted by atomic mass is 9.66. The van der Waals surface area contributed by atoms with E-state index in [-0.39, 0.29) is 44.0 Å². The molecule has 3 aliphatic heterocycles. The van der Waals surface area contributed by atoms with Crippen molar-refractivity contribution in [2.24, 2.45) is 11.8 Å². The van der Waals surface area contributed by atoms with Gasteiger partial charge in [0.05, 0.1) is 29.8 Å². The number of nitrogens with zero attached hydrogens (tertiary/aromatic N) is 3. The van der Waals surface area contributed by atoms with Crippen LogP contribution < -0.4 is 14.5 Å². The van der Waals surface area contributed by atoms with Gasteiger partial charge in [0.2, 0.25) is 11.8 Å². The Hall–Kier alpha value is -3.27. The number of hydrogen-bond acceptors (Lipinski definition) is 6. The molecule has 0 radical (unpaired) electrons. The van der Waals surface area contributed by atoms with E-state index in [2.05, 4.69) is 13.2 Å². The molecule has 2 unspecified atom stereocenters. The van der Waals surface area contributed by atoms with Gasteiger partial charge in [-0.3, -0.25) is 14.4 Å². The van der Waals surface area contributed by atoms with Crippen LogP contribution in [-0.2, 0) is 14.4 Å². The van der Waals surface area contributed by atoms with Gasteiger partial charge >= 0.3 is 0 Å². The number of hydrogen-bond donors (Lipinski definition) is 1. The molecule has 1 N–H and O–H groups in total. The summed E-state index contributed by atoms with van der Waals surface area (Å²) in [6, 6.07) is 13.4. The molecule has 43 heavy (non-hydrogen) atoms. The van der Waals surface area contributed by atoms with Gasteiger partial charge in [-0.2, -0.15) is 0 Å². The molecule has 3 heterocycles. The van der Waals surface area contributed by atoms with E-state index in [1.165, 1.54) is 4.90 Å². The fourth-order valence-electron chi connectivity index (χ4n) is 7.16. The van der Waals surface area contributed by atoms with Gasteiger partial charge in [-0.25, -0.2) is 0 Å². The van der Waals surface area contributed by atoms with Crippen LogP contribution in [0.2, 0.25) is 5.02 Å². The number of thioether (sulfide) groups is 1. The van der Waals surface area contributed by atoms with Gasteiger partial charge in [0.15, 0.2) is 0 Å². The number of likely N-dealkylation sites (tertiary alicyclic amines) is 1. The summed E-state index contributed by atoms with van der Waals surface area (Å²) in [7, 11) is 0. The highest BCUT2D eigenvalue weighted by atomic mass is 35.5. The van der Waals surface area contributed by atoms with Crippen LogP contribution in [0.4, 0.5) is 11.4 Å². The average Bonchev–Trinajstić information content (AvgIpc) is 3.56. The van der Waals surface area contributed by atoms with E-state index in [0.29, 0.717) is 41.6 Å². The molecule has 1 spiro atoms. The Balaban J connectivity index is 1.55. The van der Waals surface area contributed by atoms with Crippen molar-refractivity contribution in [3.8, 4) is 5.75 Å². The Bertz CT molecular complexity index is 1400. The van der Waals surface area contributed by atoms with Gasteiger partial charge < -0.3 is 24.5 Å². The molecule has 0 saturated carbocycles. The standard InChI is InChI=1S/C33H38ClN3O5S/c1-5-18-35(24-12-14-25(15-13-24)42-7-3)29(39)26-27-30(40)37(20-21-38)28(33(27)17-16-32(26,4)43-33)31(41)36(19-6-2)23-10-8-22(34)9-11-23/h5-6,8-15,26-28,38H,1-2,7,16-21H2,3-4H3/t26-,27-,28?,32+,33?/m0/s1. The summed E-state index contributed by atoms with van der Waals surface area (Å²) in [4.78, 5) is 48.2. The fraction of sp³-hybridized carbons (Fsp3) is 0.424. The van der Waals surface area contributed by atoms with Gasteiger partial charge in [0, 0.05) is 40.8 Å². The Labute approximate surface area is 262 Å². The molecule has 3 aliphatic rings. The van der Waals surface area contributed by atoms with Gasteiger partial charge in [-0.15, -0.1) is 24.9 Å². The van der Waals surface area contributed by atoms with E-state index in [9.17, 15) is 19.5 Å². The number of fused-ring (bicyclic) bond motifs is 1. The van der Waals surface area contributed by atoms with Crippen molar-refractivity contribution in [2.45, 2.75) is 42.2 Å². The summed E-state index contributed by atoms with van der Waals surface area (Å²) < 4.78 is 4.22. The average molecular weight is 624 g/mol. The summed E-state index contributed by atoms with van der Waals surface area (Å²) in [6.45, 7) is 12.4. The SMILES string of the molecule is C=CCN(C(=O)C1N(CCO)C(=O)[C@@H]2[C@@H](C(=O)N(CC=C)c3ccc(OCC)cc3)[C@@]3(C)CCC12S3)c1ccc(Cl)cc1. The number of halogens is 1. The molecular formula is C33H38ClN3O5S. The molecule has 3 fully saturated rings. The molecule has 0 aromatic heterocycles. The number of ether oxygens (including phenoxy) is 1. The Morgan fingerprint density at radius 1 is 1.05 bits per heavy atom. The molecule has 3 saturated heterocycles. The smallest absolute Gasteiger partial charge is 0.251 e. The van der Waals surface area contributed by atoms with Gasteiger partial charge in [-0.05, 0) is 75.2 Å². The molecular weight excluding hydrogens is 586 g/mol. The Kier molecular flexibility index (Phi) is 8.97. The van der Waals surface area contributed by atoms with Gasteiger partial charge in [0.1, 0.15) is 11.8 Å². The van der Waals surface area contributed by atoms with Gasteiger partial charge in [-0.1, -0.05) is 23.8 Å². The van der Waals surface area contributed by atoms with Crippen molar-refractivity contribution in [3.05, 3.63) is 78.9 Å². The first-order chi connectivity index (χ1) is 20.7. The topological polar surface area (TPSA) is 90.4 Å². The van der Waals surface area contributed by atoms with Gasteiger partial charge in [0.25, 0.3) is 5.91 Å². The monoisotopic (exact) mass is 623 g/mol. The largest absolute Gasteiger partial charge is 0.494 e. The minimum Gasteiger partial charge on any atom is -0.494 e. The fourth-order valence-corrected chi connectivity index (χ4v) is 9.63. The van der Waals surface area contributed by atoms with E-state index in [0.717, 1.165) is 0 Å². The number of amides is 3. The summed E-state index contributed by atoms with van der Waals surface area (Å²) in [5.74, 6) is -1.36. The van der Waals surface area contributed by atoms with Crippen LogP contribution in [0.15, 0.2) is 73.8 Å². The zero-order valence-corrected chi connectivity index (χ0v) is 26.2. The predicted octanol–water partition coefficient (Wildman–Crippen LogP) is 4.95. The molecule has 228 valence electrons. The van der Waals surface area contributed by atoms with Crippen LogP contribution >= 0.6 is 23.4 Å². The summed E-state index contributed by atoms with van der Waals surface area (Å²) in [6.07, 6.45) is 4.61. The lowest BCUT2D eigenvalue weighted by Gasteiger charge is -2.38. The maximum absolute atomic E-state index is 14.5. The van der Waals surface area contributed by atoms with Crippen molar-refractivity contribution in [3.63, 3.8) is 0 Å². The highest BCUT2D eigenvalue weighted by molar-refractivity contribution is 8.02. The summed E-state index contributed by atoms with van der Waals surface area (Å²) in [5, 5.41) is 10.5. The normalized spacial score (nSPS) is 27.1. The first-order valence-corrected chi connectivity index (χ1v) is 15.8. The number of rotatable bonds is 12. The maximum Gasteiger partial charge on any atom is 0.251 e. The highest BCUT2D eigenvalue weighted by Crippen LogP contribution is 2.71. The third-order valence-corrected chi connectivity index (χ3v) is 11.1. The zero-order chi connectivity index (χ0) is 30.9. The predicted molar refractivity (Wildman–Crippen MR) is 172 cm³/mol. The second-order valence-electron chi connectivity index (χ2n) is 11.4. The third kappa shape index (κ3) is 5.25. The summed E-state index contributed by atoms with van der Waals surface area (Å²) >= 11 is 7.72. The highest BCUT2D eigenvalue weighted by Gasteiger charge is 2.77. The first kappa shape index (κ1) is 31.2. The lowest BCUT2D eigenvalue weighted by Crippen LogP contribution is -2.55. The van der Waals surface area contributed by atoms with Crippen molar-refractivity contribution >= 4 is 52.5 Å². The van der Waals surface area contributed by atoms with Crippen LogP contribution in [0.1, 0.15) is 26.7 Å². The van der Waals surface area contributed by atoms with Crippen LogP contribution in [0.5, 0.6) is 5.75 Å². The molecule has 10 heteroatoms. The molecule has 3 amide bonds. The van der Waals surface area contributed by atoms with Crippen LogP contribution in [0.25, 0.3) is 0 Å². The molecule has 5 rings (SSSR count). The molecule has 8 nitrogen and oxygen atoms in total. The molecule has 2 bridgehead atoms. The van der Waals surface area contributed by atoms with Crippen LogP contribution in [0, 0.1) is 11.8 Å². The van der Waals surface area contributed by atoms with Crippen molar-refractivity contribution in [2.75, 3.05) is 42.6 Å². The maximum atomic E-state index is 14.5. The van der Waals surface area contributed by atoms with Crippen molar-refractivity contribution < 1.29 is 24.2 Å². The Morgan fingerprint density at radius 3 is 2.19 bits per heavy atom. The second kappa shape index (κ2) is 12.4. The number of β-amino-alcohol motifs (C(OH)–C–C–N with tert-alkyl or cyclic N) is 1. The van der Waals surface area contributed by atoms with Crippen LogP contribution in [-0.4, -0.2) is 76.1 Å². The molecule has 2 aromatic carbocycles. The minimum absolute atomic E-state index is 0.00346. The number of anilines is 2. The van der Waals surface area contributed by atoms with Crippen molar-refractivity contribution in [1.29, 1.82) is 0 Å². The number of aliphatic hydroxyl groups excluding tert-OH is 1. The number of benzene rings is 2. The lowest BCUT2D eigenvalue weighted by molar-refractivity contribution is -0.140. The molecule has 0 aliphatic carbocycles.